The molecule has 2 N–H and O–H groups in total. The molecule has 1 saturated heterocycles. The van der Waals surface area contributed by atoms with Crippen LogP contribution in [-0.4, -0.2) is 51.0 Å². The molecule has 0 saturated carbocycles. The van der Waals surface area contributed by atoms with Gasteiger partial charge in [0.1, 0.15) is 5.75 Å². The zero-order valence-electron chi connectivity index (χ0n) is 20.9. The van der Waals surface area contributed by atoms with Crippen molar-refractivity contribution < 1.29 is 34.2 Å². The molecular weight excluding hydrogens is 510 g/mol. The molecule has 4 unspecified atom stereocenters. The molecule has 5 rings (SSSR count). The Morgan fingerprint density at radius 2 is 1.84 bits per heavy atom. The highest BCUT2D eigenvalue weighted by atomic mass is 35.5. The summed E-state index contributed by atoms with van der Waals surface area (Å²) in [6, 6.07) is 4.56. The molecular formula is C29H28ClNO7. The van der Waals surface area contributed by atoms with Crippen LogP contribution < -0.4 is 0 Å². The molecule has 4 atom stereocenters. The number of carboxylic acid groups (broad SMARTS) is 1. The number of hydrogen-bond donors (Lipinski definition) is 2. The largest absolute Gasteiger partial charge is 0.508 e. The summed E-state index contributed by atoms with van der Waals surface area (Å²) in [6.07, 6.45) is 5.30. The Hall–Kier alpha value is -3.52. The number of nitrogens with zero attached hydrogens (tertiary/aromatic N) is 1. The molecule has 2 amide bonds. The molecule has 3 aliphatic carbocycles. The predicted octanol–water partition coefficient (Wildman–Crippen LogP) is 4.12. The standard InChI is InChI=1S/C29H28ClNO7/c1-14-11-22(33)20-13-18-16(24(26(20)27(14)36)19-12-15(30)6-9-21(19)32)7-8-17-25(18)29(38)31(28(17)37)10-4-2-3-5-23(34)35/h6-7,9,11-12,17-18,24-25,32H,2-5,8,10,13H2,1H3,(H,34,35). The summed E-state index contributed by atoms with van der Waals surface area (Å²) in [5.41, 5.74) is 2.08. The second-order valence-electron chi connectivity index (χ2n) is 10.5. The smallest absolute Gasteiger partial charge is 0.303 e. The first-order chi connectivity index (χ1) is 18.1. The van der Waals surface area contributed by atoms with Crippen molar-refractivity contribution >= 4 is 41.0 Å². The van der Waals surface area contributed by atoms with E-state index in [0.717, 1.165) is 5.57 Å². The molecule has 0 spiro atoms. The summed E-state index contributed by atoms with van der Waals surface area (Å²) in [7, 11) is 0. The molecule has 0 radical (unpaired) electrons. The van der Waals surface area contributed by atoms with E-state index in [4.69, 9.17) is 16.7 Å². The molecule has 9 heteroatoms. The van der Waals surface area contributed by atoms with Gasteiger partial charge in [-0.2, -0.15) is 0 Å². The minimum atomic E-state index is -0.880. The highest BCUT2D eigenvalue weighted by Gasteiger charge is 2.56. The highest BCUT2D eigenvalue weighted by molar-refractivity contribution is 6.30. The van der Waals surface area contributed by atoms with E-state index in [1.54, 1.807) is 13.0 Å². The maximum atomic E-state index is 13.6. The maximum absolute atomic E-state index is 13.6. The Balaban J connectivity index is 1.51. The number of rotatable bonds is 7. The van der Waals surface area contributed by atoms with Gasteiger partial charge in [0.15, 0.2) is 11.6 Å². The molecule has 8 nitrogen and oxygen atoms in total. The summed E-state index contributed by atoms with van der Waals surface area (Å²) in [5.74, 6) is -4.53. The Labute approximate surface area is 224 Å². The number of aliphatic carboxylic acids is 1. The Morgan fingerprint density at radius 1 is 1.08 bits per heavy atom. The van der Waals surface area contributed by atoms with Crippen molar-refractivity contribution in [1.29, 1.82) is 0 Å². The number of carbonyl (C=O) groups is 5. The van der Waals surface area contributed by atoms with Crippen LogP contribution in [0.5, 0.6) is 5.75 Å². The minimum Gasteiger partial charge on any atom is -0.508 e. The van der Waals surface area contributed by atoms with Crippen LogP contribution >= 0.6 is 11.6 Å². The molecule has 4 aliphatic rings. The number of amides is 2. The van der Waals surface area contributed by atoms with E-state index in [1.165, 1.54) is 23.1 Å². The number of unbranched alkanes of at least 4 members (excludes halogenated alkanes) is 2. The van der Waals surface area contributed by atoms with Gasteiger partial charge in [-0.1, -0.05) is 29.7 Å². The first-order valence-electron chi connectivity index (χ1n) is 12.9. The van der Waals surface area contributed by atoms with Crippen molar-refractivity contribution in [3.8, 4) is 5.75 Å². The fourth-order valence-electron chi connectivity index (χ4n) is 6.48. The molecule has 1 aliphatic heterocycles. The SMILES string of the molecule is CC1=CC(=O)C2=C(C1=O)C(c1cc(Cl)ccc1O)C1=CCC3C(=O)N(CCCCCC(=O)O)C(=O)C3C1C2. The monoisotopic (exact) mass is 537 g/mol. The minimum absolute atomic E-state index is 0.0400. The average molecular weight is 538 g/mol. The topological polar surface area (TPSA) is 129 Å². The molecule has 38 heavy (non-hydrogen) atoms. The van der Waals surface area contributed by atoms with Gasteiger partial charge >= 0.3 is 5.97 Å². The molecule has 1 aromatic carbocycles. The van der Waals surface area contributed by atoms with Crippen LogP contribution in [0.15, 0.2) is 52.6 Å². The molecule has 1 fully saturated rings. The lowest BCUT2D eigenvalue weighted by atomic mass is 9.59. The lowest BCUT2D eigenvalue weighted by Crippen LogP contribution is -2.40. The van der Waals surface area contributed by atoms with Crippen molar-refractivity contribution in [1.82, 2.24) is 4.90 Å². The Morgan fingerprint density at radius 3 is 2.58 bits per heavy atom. The zero-order chi connectivity index (χ0) is 27.3. The van der Waals surface area contributed by atoms with E-state index in [9.17, 15) is 29.1 Å². The van der Waals surface area contributed by atoms with E-state index >= 15 is 0 Å². The van der Waals surface area contributed by atoms with Gasteiger partial charge in [0.25, 0.3) is 0 Å². The van der Waals surface area contributed by atoms with Crippen molar-refractivity contribution in [2.45, 2.75) is 51.4 Å². The van der Waals surface area contributed by atoms with Gasteiger partial charge in [-0.05, 0) is 62.8 Å². The molecule has 198 valence electrons. The van der Waals surface area contributed by atoms with Crippen LogP contribution in [0.25, 0.3) is 0 Å². The van der Waals surface area contributed by atoms with Gasteiger partial charge in [0.05, 0.1) is 11.8 Å². The summed E-state index contributed by atoms with van der Waals surface area (Å²) in [4.78, 5) is 65.5. The van der Waals surface area contributed by atoms with E-state index in [1.807, 2.05) is 6.08 Å². The molecule has 1 aromatic rings. The summed E-state index contributed by atoms with van der Waals surface area (Å²) in [6.45, 7) is 1.81. The van der Waals surface area contributed by atoms with E-state index in [0.29, 0.717) is 53.0 Å². The third kappa shape index (κ3) is 4.30. The summed E-state index contributed by atoms with van der Waals surface area (Å²) >= 11 is 6.27. The second-order valence-corrected chi connectivity index (χ2v) is 10.9. The Kier molecular flexibility index (Phi) is 6.86. The van der Waals surface area contributed by atoms with Crippen LogP contribution in [0.4, 0.5) is 0 Å². The van der Waals surface area contributed by atoms with Gasteiger partial charge in [-0.3, -0.25) is 28.9 Å². The number of phenols is 1. The number of halogens is 1. The van der Waals surface area contributed by atoms with E-state index < -0.39 is 29.6 Å². The number of ketones is 2. The Bertz CT molecular complexity index is 1370. The van der Waals surface area contributed by atoms with Crippen LogP contribution in [0.3, 0.4) is 0 Å². The molecule has 0 bridgehead atoms. The van der Waals surface area contributed by atoms with E-state index in [2.05, 4.69) is 0 Å². The number of benzene rings is 1. The van der Waals surface area contributed by atoms with Crippen LogP contribution in [-0.2, 0) is 24.0 Å². The van der Waals surface area contributed by atoms with Crippen LogP contribution in [0, 0.1) is 17.8 Å². The van der Waals surface area contributed by atoms with Crippen molar-refractivity contribution in [2.24, 2.45) is 17.8 Å². The summed E-state index contributed by atoms with van der Waals surface area (Å²) in [5, 5.41) is 20.0. The van der Waals surface area contributed by atoms with Crippen molar-refractivity contribution in [3.63, 3.8) is 0 Å². The number of likely N-dealkylation sites (tertiary alicyclic amines) is 1. The number of aromatic hydroxyl groups is 1. The molecule has 1 heterocycles. The maximum Gasteiger partial charge on any atom is 0.303 e. The van der Waals surface area contributed by atoms with Crippen molar-refractivity contribution in [2.75, 3.05) is 6.54 Å². The zero-order valence-corrected chi connectivity index (χ0v) is 21.7. The number of allylic oxidation sites excluding steroid dienone is 6. The van der Waals surface area contributed by atoms with E-state index in [-0.39, 0.29) is 48.5 Å². The van der Waals surface area contributed by atoms with Crippen LogP contribution in [0.2, 0.25) is 5.02 Å². The normalized spacial score (nSPS) is 26.6. The third-order valence-corrected chi connectivity index (χ3v) is 8.46. The summed E-state index contributed by atoms with van der Waals surface area (Å²) < 4.78 is 0. The predicted molar refractivity (Wildman–Crippen MR) is 137 cm³/mol. The lowest BCUT2D eigenvalue weighted by molar-refractivity contribution is -0.141. The third-order valence-electron chi connectivity index (χ3n) is 8.23. The van der Waals surface area contributed by atoms with Gasteiger partial charge in [-0.15, -0.1) is 0 Å². The number of carbonyl (C=O) groups excluding carboxylic acids is 4. The van der Waals surface area contributed by atoms with Gasteiger partial charge in [0, 0.05) is 46.2 Å². The van der Waals surface area contributed by atoms with Gasteiger partial charge < -0.3 is 10.2 Å². The van der Waals surface area contributed by atoms with Crippen molar-refractivity contribution in [3.05, 3.63) is 63.2 Å². The van der Waals surface area contributed by atoms with Gasteiger partial charge in [-0.25, -0.2) is 0 Å². The number of Topliss-reactive ketones (excluding diaryl/α,β-unsaturated/α-hetero) is 1. The second kappa shape index (κ2) is 9.98. The number of imide groups is 1. The first-order valence-corrected chi connectivity index (χ1v) is 13.2. The lowest BCUT2D eigenvalue weighted by Gasteiger charge is -2.42. The fourth-order valence-corrected chi connectivity index (χ4v) is 6.66. The first kappa shape index (κ1) is 26.1. The quantitative estimate of drug-likeness (QED) is 0.231. The highest BCUT2D eigenvalue weighted by Crippen LogP contribution is 2.56. The number of fused-ring (bicyclic) bond motifs is 3. The number of hydrogen-bond acceptors (Lipinski definition) is 6. The van der Waals surface area contributed by atoms with Gasteiger partial charge in [0.2, 0.25) is 11.8 Å². The van der Waals surface area contributed by atoms with Crippen LogP contribution in [0.1, 0.15) is 56.9 Å². The average Bonchev–Trinajstić information content (AvgIpc) is 3.12. The number of phenolic OH excluding ortho intramolecular Hbond substituents is 1. The number of carboxylic acids is 1. The molecule has 0 aromatic heterocycles. The fraction of sp³-hybridized carbons (Fsp3) is 0.414.